The van der Waals surface area contributed by atoms with Crippen LogP contribution in [0.15, 0.2) is 23.6 Å². The summed E-state index contributed by atoms with van der Waals surface area (Å²) < 4.78 is 21.8. The highest BCUT2D eigenvalue weighted by Crippen LogP contribution is 2.36. The highest BCUT2D eigenvalue weighted by atomic mass is 32.1. The summed E-state index contributed by atoms with van der Waals surface area (Å²) in [7, 11) is 1.58. The molecule has 1 N–H and O–H groups in total. The van der Waals surface area contributed by atoms with Crippen LogP contribution in [-0.2, 0) is 19.1 Å². The zero-order chi connectivity index (χ0) is 24.1. The second-order valence-corrected chi connectivity index (χ2v) is 8.81. The summed E-state index contributed by atoms with van der Waals surface area (Å²) in [5.74, 6) is 0.0782. The zero-order valence-corrected chi connectivity index (χ0v) is 19.9. The molecule has 11 heteroatoms. The molecule has 0 spiro atoms. The van der Waals surface area contributed by atoms with Gasteiger partial charge in [-0.15, -0.1) is 11.3 Å². The molecule has 0 aliphatic carbocycles. The zero-order valence-electron chi connectivity index (χ0n) is 19.1. The lowest BCUT2D eigenvalue weighted by molar-refractivity contribution is -0.131. The standard InChI is InChI=1S/C23H27N3O7S/c1-3-31-22(29)16-13-34-23(24-16)25-19(27)12-26-11-15(10-20(26)28)14-6-7-17(30-2)18(9-14)33-21-5-4-8-32-21/h6-7,9,13,15,21H,3-5,8,10-12H2,1-2H3,(H,24,25,27)/t15-,21?/m1/s1. The van der Waals surface area contributed by atoms with E-state index >= 15 is 0 Å². The first-order valence-electron chi connectivity index (χ1n) is 11.1. The van der Waals surface area contributed by atoms with Gasteiger partial charge in [-0.3, -0.25) is 9.59 Å². The topological polar surface area (TPSA) is 116 Å². The van der Waals surface area contributed by atoms with Crippen LogP contribution < -0.4 is 14.8 Å². The summed E-state index contributed by atoms with van der Waals surface area (Å²) in [6, 6.07) is 5.62. The van der Waals surface area contributed by atoms with Gasteiger partial charge in [-0.25, -0.2) is 9.78 Å². The number of nitrogens with one attached hydrogen (secondary N) is 1. The summed E-state index contributed by atoms with van der Waals surface area (Å²) in [4.78, 5) is 42.4. The van der Waals surface area contributed by atoms with Crippen molar-refractivity contribution < 1.29 is 33.3 Å². The van der Waals surface area contributed by atoms with Gasteiger partial charge in [0.05, 0.1) is 26.9 Å². The van der Waals surface area contributed by atoms with E-state index in [1.165, 1.54) is 10.3 Å². The largest absolute Gasteiger partial charge is 0.493 e. The predicted molar refractivity (Wildman–Crippen MR) is 123 cm³/mol. The minimum absolute atomic E-state index is 0.0756. The Hall–Kier alpha value is -3.18. The maximum Gasteiger partial charge on any atom is 0.357 e. The Morgan fingerprint density at radius 1 is 1.32 bits per heavy atom. The molecule has 2 aliphatic heterocycles. The predicted octanol–water partition coefficient (Wildman–Crippen LogP) is 2.80. The molecule has 1 aromatic heterocycles. The van der Waals surface area contributed by atoms with Gasteiger partial charge in [-0.05, 0) is 31.0 Å². The number of carbonyl (C=O) groups is 3. The molecular formula is C23H27N3O7S. The Morgan fingerprint density at radius 2 is 2.18 bits per heavy atom. The average Bonchev–Trinajstić information content (AvgIpc) is 3.57. The molecule has 2 aliphatic rings. The van der Waals surface area contributed by atoms with Crippen molar-refractivity contribution in [3.05, 3.63) is 34.8 Å². The van der Waals surface area contributed by atoms with E-state index in [2.05, 4.69) is 10.3 Å². The monoisotopic (exact) mass is 489 g/mol. The molecule has 0 radical (unpaired) electrons. The van der Waals surface area contributed by atoms with E-state index in [0.717, 1.165) is 29.7 Å². The van der Waals surface area contributed by atoms with E-state index in [9.17, 15) is 14.4 Å². The molecule has 2 fully saturated rings. The number of amides is 2. The van der Waals surface area contributed by atoms with Crippen molar-refractivity contribution in [3.63, 3.8) is 0 Å². The fraction of sp³-hybridized carbons (Fsp3) is 0.478. The second-order valence-electron chi connectivity index (χ2n) is 7.95. The molecule has 4 rings (SSSR count). The summed E-state index contributed by atoms with van der Waals surface area (Å²) >= 11 is 1.12. The van der Waals surface area contributed by atoms with Crippen LogP contribution in [0.2, 0.25) is 0 Å². The molecule has 2 atom stereocenters. The number of nitrogens with zero attached hydrogens (tertiary/aromatic N) is 2. The first-order chi connectivity index (χ1) is 16.5. The van der Waals surface area contributed by atoms with E-state index in [1.54, 1.807) is 14.0 Å². The van der Waals surface area contributed by atoms with Crippen LogP contribution in [0.1, 0.15) is 48.2 Å². The van der Waals surface area contributed by atoms with Gasteiger partial charge in [0.2, 0.25) is 11.8 Å². The third kappa shape index (κ3) is 5.65. The molecule has 2 aromatic rings. The highest BCUT2D eigenvalue weighted by Gasteiger charge is 2.32. The fourth-order valence-electron chi connectivity index (χ4n) is 3.93. The van der Waals surface area contributed by atoms with E-state index in [0.29, 0.717) is 31.1 Å². The lowest BCUT2D eigenvalue weighted by Gasteiger charge is -2.19. The number of ether oxygens (including phenoxy) is 4. The smallest absolute Gasteiger partial charge is 0.357 e. The third-order valence-electron chi connectivity index (χ3n) is 5.59. The van der Waals surface area contributed by atoms with Crippen LogP contribution in [0.25, 0.3) is 0 Å². The van der Waals surface area contributed by atoms with Gasteiger partial charge in [-0.1, -0.05) is 6.07 Å². The molecule has 2 amide bonds. The molecule has 0 bridgehead atoms. The second kappa shape index (κ2) is 10.8. The van der Waals surface area contributed by atoms with E-state index in [1.807, 2.05) is 18.2 Å². The normalized spacial score (nSPS) is 19.8. The van der Waals surface area contributed by atoms with E-state index in [4.69, 9.17) is 18.9 Å². The Balaban J connectivity index is 1.36. The molecular weight excluding hydrogens is 462 g/mol. The van der Waals surface area contributed by atoms with Crippen molar-refractivity contribution in [2.45, 2.75) is 38.4 Å². The number of hydrogen-bond donors (Lipinski definition) is 1. The summed E-state index contributed by atoms with van der Waals surface area (Å²) in [6.07, 6.45) is 1.76. The number of carbonyl (C=O) groups excluding carboxylic acids is 3. The van der Waals surface area contributed by atoms with Gasteiger partial charge in [-0.2, -0.15) is 0 Å². The minimum atomic E-state index is -0.542. The van der Waals surface area contributed by atoms with Crippen molar-refractivity contribution >= 4 is 34.3 Å². The van der Waals surface area contributed by atoms with Crippen LogP contribution in [0, 0.1) is 0 Å². The molecule has 1 unspecified atom stereocenters. The molecule has 34 heavy (non-hydrogen) atoms. The number of rotatable bonds is 9. The first kappa shape index (κ1) is 24.0. The maximum atomic E-state index is 12.6. The fourth-order valence-corrected chi connectivity index (χ4v) is 4.63. The Morgan fingerprint density at radius 3 is 2.91 bits per heavy atom. The number of aromatic nitrogens is 1. The lowest BCUT2D eigenvalue weighted by atomic mass is 9.98. The van der Waals surface area contributed by atoms with Crippen molar-refractivity contribution in [2.75, 3.05) is 38.7 Å². The van der Waals surface area contributed by atoms with Crippen molar-refractivity contribution in [1.29, 1.82) is 0 Å². The summed E-state index contributed by atoms with van der Waals surface area (Å²) in [5, 5.41) is 4.44. The van der Waals surface area contributed by atoms with Crippen molar-refractivity contribution in [2.24, 2.45) is 0 Å². The maximum absolute atomic E-state index is 12.6. The number of anilines is 1. The highest BCUT2D eigenvalue weighted by molar-refractivity contribution is 7.14. The Labute approximate surface area is 201 Å². The van der Waals surface area contributed by atoms with Gasteiger partial charge in [0, 0.05) is 30.7 Å². The van der Waals surface area contributed by atoms with Crippen LogP contribution in [0.5, 0.6) is 11.5 Å². The molecule has 2 saturated heterocycles. The SMILES string of the molecule is CCOC(=O)c1csc(NC(=O)CN2C[C@H](c3ccc(OC)c(OC4CCCO4)c3)CC2=O)n1. The number of likely N-dealkylation sites (tertiary alicyclic amines) is 1. The quantitative estimate of drug-likeness (QED) is 0.535. The Bertz CT molecular complexity index is 1050. The minimum Gasteiger partial charge on any atom is -0.493 e. The van der Waals surface area contributed by atoms with Crippen LogP contribution in [0.4, 0.5) is 5.13 Å². The number of thiazole rings is 1. The molecule has 3 heterocycles. The third-order valence-corrected chi connectivity index (χ3v) is 6.35. The molecule has 182 valence electrons. The summed E-state index contributed by atoms with van der Waals surface area (Å²) in [6.45, 7) is 2.93. The number of esters is 1. The van der Waals surface area contributed by atoms with E-state index < -0.39 is 5.97 Å². The number of methoxy groups -OCH3 is 1. The molecule has 1 aromatic carbocycles. The van der Waals surface area contributed by atoms with Gasteiger partial charge in [0.1, 0.15) is 0 Å². The van der Waals surface area contributed by atoms with E-state index in [-0.39, 0.29) is 48.0 Å². The average molecular weight is 490 g/mol. The first-order valence-corrected chi connectivity index (χ1v) is 12.0. The lowest BCUT2D eigenvalue weighted by Crippen LogP contribution is -2.34. The van der Waals surface area contributed by atoms with Crippen LogP contribution >= 0.6 is 11.3 Å². The Kier molecular flexibility index (Phi) is 7.63. The number of hydrogen-bond acceptors (Lipinski definition) is 9. The van der Waals surface area contributed by atoms with Gasteiger partial charge in [0.25, 0.3) is 0 Å². The molecule has 0 saturated carbocycles. The molecule has 10 nitrogen and oxygen atoms in total. The van der Waals surface area contributed by atoms with Crippen molar-refractivity contribution in [1.82, 2.24) is 9.88 Å². The van der Waals surface area contributed by atoms with Gasteiger partial charge >= 0.3 is 5.97 Å². The van der Waals surface area contributed by atoms with Crippen LogP contribution in [0.3, 0.4) is 0 Å². The number of benzene rings is 1. The van der Waals surface area contributed by atoms with Gasteiger partial charge < -0.3 is 29.2 Å². The van der Waals surface area contributed by atoms with Crippen LogP contribution in [-0.4, -0.2) is 67.4 Å². The summed E-state index contributed by atoms with van der Waals surface area (Å²) in [5.41, 5.74) is 1.07. The van der Waals surface area contributed by atoms with Gasteiger partial charge in [0.15, 0.2) is 28.6 Å². The van der Waals surface area contributed by atoms with Crippen molar-refractivity contribution in [3.8, 4) is 11.5 Å².